The number of rotatable bonds is 11. The molecule has 5 N–H and O–H groups in total. The van der Waals surface area contributed by atoms with Crippen molar-refractivity contribution in [1.82, 2.24) is 0 Å². The molecule has 2 unspecified atom stereocenters. The van der Waals surface area contributed by atoms with E-state index in [1.807, 2.05) is 0 Å². The molecule has 0 heterocycles. The predicted octanol–water partition coefficient (Wildman–Crippen LogP) is -6.09. The molecule has 0 aromatic rings. The summed E-state index contributed by atoms with van der Waals surface area (Å²) in [6.07, 6.45) is 0.969. The van der Waals surface area contributed by atoms with E-state index in [2.05, 4.69) is 0 Å². The van der Waals surface area contributed by atoms with Crippen molar-refractivity contribution in [3.05, 3.63) is 0 Å². The fourth-order valence-electron chi connectivity index (χ4n) is 0.937. The van der Waals surface area contributed by atoms with Crippen molar-refractivity contribution in [3.8, 4) is 0 Å². The van der Waals surface area contributed by atoms with Gasteiger partial charge in [0.2, 0.25) is 0 Å². The minimum Gasteiger partial charge on any atom is -0.772 e. The summed E-state index contributed by atoms with van der Waals surface area (Å²) in [6.45, 7) is 0. The smallest absolute Gasteiger partial charge is 0.772 e. The van der Waals surface area contributed by atoms with Gasteiger partial charge < -0.3 is 20.6 Å². The van der Waals surface area contributed by atoms with E-state index in [0.29, 0.717) is 24.3 Å². The maximum absolute atomic E-state index is 10.4. The van der Waals surface area contributed by atoms with Gasteiger partial charge in [0.1, 0.15) is 0 Å². The standard InChI is InChI=1S/C8H20N2O4S4.2Na/c9-7(1-3-17(11)12)5-15-16-6-8(10)2-4-18(13)14;;/h7-8H,1-6,9-10H2,(H,11,12)(H,13,14);;/q;2*+1/p-1/t7-,8-;;/m0../s1. The van der Waals surface area contributed by atoms with Crippen LogP contribution in [-0.2, 0) is 22.2 Å². The molecule has 0 amide bonds. The Hall–Kier alpha value is 2.84. The Kier molecular flexibility index (Phi) is 25.2. The van der Waals surface area contributed by atoms with Crippen molar-refractivity contribution in [1.29, 1.82) is 0 Å². The zero-order chi connectivity index (χ0) is 14.0. The third-order valence-corrected chi connectivity index (χ3v) is 5.73. The van der Waals surface area contributed by atoms with Crippen molar-refractivity contribution >= 4 is 43.7 Å². The van der Waals surface area contributed by atoms with Crippen LogP contribution in [0.15, 0.2) is 0 Å². The van der Waals surface area contributed by atoms with Crippen LogP contribution in [-0.4, -0.2) is 52.6 Å². The molecule has 0 radical (unpaired) electrons. The van der Waals surface area contributed by atoms with Gasteiger partial charge in [-0.15, -0.1) is 0 Å². The first kappa shape index (κ1) is 27.7. The Bertz CT molecular complexity index is 253. The van der Waals surface area contributed by atoms with Crippen LogP contribution in [0.25, 0.3) is 0 Å². The summed E-state index contributed by atoms with van der Waals surface area (Å²) in [5, 5.41) is 0. The molecule has 0 fully saturated rings. The summed E-state index contributed by atoms with van der Waals surface area (Å²) < 4.78 is 39.7. The Balaban J connectivity index is -0.00000144. The van der Waals surface area contributed by atoms with E-state index >= 15 is 0 Å². The van der Waals surface area contributed by atoms with Gasteiger partial charge in [-0.2, -0.15) is 0 Å². The second-order valence-electron chi connectivity index (χ2n) is 3.70. The van der Waals surface area contributed by atoms with E-state index in [9.17, 15) is 13.0 Å². The molecule has 110 valence electrons. The minimum atomic E-state index is -2.03. The predicted molar refractivity (Wildman–Crippen MR) is 79.5 cm³/mol. The molecule has 20 heavy (non-hydrogen) atoms. The molecule has 0 rings (SSSR count). The van der Waals surface area contributed by atoms with Crippen LogP contribution in [0.4, 0.5) is 0 Å². The Morgan fingerprint density at radius 1 is 1.00 bits per heavy atom. The molecule has 0 aromatic heterocycles. The number of nitrogens with two attached hydrogens (primary N) is 2. The summed E-state index contributed by atoms with van der Waals surface area (Å²) >= 11 is -3.81. The Morgan fingerprint density at radius 2 is 1.40 bits per heavy atom. The van der Waals surface area contributed by atoms with Crippen LogP contribution < -0.4 is 70.6 Å². The van der Waals surface area contributed by atoms with Crippen molar-refractivity contribution in [3.63, 3.8) is 0 Å². The second kappa shape index (κ2) is 18.2. The van der Waals surface area contributed by atoms with Crippen LogP contribution in [0.5, 0.6) is 0 Å². The van der Waals surface area contributed by atoms with Gasteiger partial charge in [0.25, 0.3) is 0 Å². The van der Waals surface area contributed by atoms with Gasteiger partial charge in [0.15, 0.2) is 11.1 Å². The van der Waals surface area contributed by atoms with E-state index in [0.717, 1.165) is 0 Å². The maximum Gasteiger partial charge on any atom is 1.00 e. The summed E-state index contributed by atoms with van der Waals surface area (Å²) in [4.78, 5) is 0. The van der Waals surface area contributed by atoms with Crippen LogP contribution in [0, 0.1) is 0 Å². The van der Waals surface area contributed by atoms with Crippen LogP contribution >= 0.6 is 21.6 Å². The molecule has 4 atom stereocenters. The number of hydrogen-bond acceptors (Lipinski definition) is 7. The molecule has 6 nitrogen and oxygen atoms in total. The molecule has 0 spiro atoms. The van der Waals surface area contributed by atoms with Crippen LogP contribution in [0.2, 0.25) is 0 Å². The van der Waals surface area contributed by atoms with Gasteiger partial charge >= 0.3 is 59.1 Å². The van der Waals surface area contributed by atoms with Crippen LogP contribution in [0.1, 0.15) is 12.8 Å². The Morgan fingerprint density at radius 3 is 1.75 bits per heavy atom. The average Bonchev–Trinajstić information content (AvgIpc) is 2.29. The van der Waals surface area contributed by atoms with Gasteiger partial charge in [-0.3, -0.25) is 4.21 Å². The summed E-state index contributed by atoms with van der Waals surface area (Å²) in [6, 6.07) is -0.245. The quantitative estimate of drug-likeness (QED) is 0.140. The van der Waals surface area contributed by atoms with Gasteiger partial charge in [-0.25, -0.2) is 4.21 Å². The van der Waals surface area contributed by atoms with E-state index in [4.69, 9.17) is 16.0 Å². The van der Waals surface area contributed by atoms with Crippen molar-refractivity contribution < 1.29 is 76.6 Å². The van der Waals surface area contributed by atoms with Crippen molar-refractivity contribution in [2.75, 3.05) is 23.0 Å². The topological polar surface area (TPSA) is 129 Å². The first-order valence-corrected chi connectivity index (χ1v) is 10.3. The molecular formula is C8H19N2Na2O4S4+. The molecular weight excluding hydrogens is 362 g/mol. The van der Waals surface area contributed by atoms with E-state index in [1.165, 1.54) is 0 Å². The monoisotopic (exact) mass is 381 g/mol. The van der Waals surface area contributed by atoms with Gasteiger partial charge in [0, 0.05) is 29.3 Å². The van der Waals surface area contributed by atoms with Gasteiger partial charge in [-0.1, -0.05) is 32.7 Å². The Labute approximate surface area is 177 Å². The van der Waals surface area contributed by atoms with Crippen molar-refractivity contribution in [2.45, 2.75) is 24.9 Å². The zero-order valence-electron chi connectivity index (χ0n) is 11.9. The van der Waals surface area contributed by atoms with Crippen molar-refractivity contribution in [2.24, 2.45) is 11.5 Å². The molecule has 12 heteroatoms. The largest absolute Gasteiger partial charge is 1.00 e. The molecule has 0 aliphatic heterocycles. The third kappa shape index (κ3) is 20.8. The minimum absolute atomic E-state index is 0. The molecule has 0 aliphatic carbocycles. The maximum atomic E-state index is 10.4. The van der Waals surface area contributed by atoms with Crippen LogP contribution in [0.3, 0.4) is 0 Å². The fourth-order valence-corrected chi connectivity index (χ4v) is 4.44. The van der Waals surface area contributed by atoms with Gasteiger partial charge in [-0.05, 0) is 12.8 Å². The fraction of sp³-hybridized carbons (Fsp3) is 1.00. The third-order valence-electron chi connectivity index (χ3n) is 1.97. The molecule has 0 bridgehead atoms. The first-order chi connectivity index (χ1) is 8.41. The summed E-state index contributed by atoms with van der Waals surface area (Å²) in [5.74, 6) is 1.64. The van der Waals surface area contributed by atoms with E-state index in [-0.39, 0.29) is 82.7 Å². The normalized spacial score (nSPS) is 16.4. The van der Waals surface area contributed by atoms with Gasteiger partial charge in [0.05, 0.1) is 5.75 Å². The molecule has 0 saturated heterocycles. The second-order valence-corrected chi connectivity index (χ2v) is 8.32. The number of hydrogen-bond donors (Lipinski definition) is 3. The molecule has 0 aliphatic rings. The summed E-state index contributed by atoms with van der Waals surface area (Å²) in [5.41, 5.74) is 11.5. The average molecular weight is 381 g/mol. The molecule has 0 aromatic carbocycles. The SMILES string of the molecule is N[C@@H](CCS(=O)[O-])CSSC[C@@H](N)CCS(=O)O.[Na+].[Na+]. The first-order valence-electron chi connectivity index (χ1n) is 5.30. The van der Waals surface area contributed by atoms with E-state index < -0.39 is 22.2 Å². The summed E-state index contributed by atoms with van der Waals surface area (Å²) in [7, 11) is 3.10. The molecule has 0 saturated carbocycles. The zero-order valence-corrected chi connectivity index (χ0v) is 19.1. The van der Waals surface area contributed by atoms with E-state index in [1.54, 1.807) is 21.6 Å².